The molecule has 0 aromatic carbocycles. The number of likely N-dealkylation sites (tertiary alicyclic amines) is 1. The van der Waals surface area contributed by atoms with Crippen LogP contribution in [0, 0.1) is 12.3 Å². The second-order valence-electron chi connectivity index (χ2n) is 8.93. The lowest BCUT2D eigenvalue weighted by Crippen LogP contribution is -2.44. The van der Waals surface area contributed by atoms with Crippen LogP contribution in [0.2, 0.25) is 0 Å². The fourth-order valence-electron chi connectivity index (χ4n) is 4.33. The zero-order valence-corrected chi connectivity index (χ0v) is 19.0. The molecule has 0 N–H and O–H groups in total. The van der Waals surface area contributed by atoms with Crippen molar-refractivity contribution in [2.75, 3.05) is 19.7 Å². The SMILES string of the molecule is CCC(C)(c1ccc(C)nc1)N1CC[C@@](CCc2cccs2)(COC(C)C)C1. The van der Waals surface area contributed by atoms with E-state index in [1.54, 1.807) is 0 Å². The average Bonchev–Trinajstić information content (AvgIpc) is 3.35. The molecule has 3 nitrogen and oxygen atoms in total. The summed E-state index contributed by atoms with van der Waals surface area (Å²) in [7, 11) is 0. The second kappa shape index (κ2) is 9.06. The maximum atomic E-state index is 6.18. The summed E-state index contributed by atoms with van der Waals surface area (Å²) >= 11 is 1.88. The summed E-state index contributed by atoms with van der Waals surface area (Å²) in [5.41, 5.74) is 2.69. The number of hydrogen-bond donors (Lipinski definition) is 0. The van der Waals surface area contributed by atoms with Gasteiger partial charge in [0.15, 0.2) is 0 Å². The first-order chi connectivity index (χ1) is 13.4. The Labute approximate surface area is 175 Å². The molecule has 154 valence electrons. The van der Waals surface area contributed by atoms with Gasteiger partial charge in [-0.1, -0.05) is 19.1 Å². The summed E-state index contributed by atoms with van der Waals surface area (Å²) in [5, 5.41) is 2.19. The molecule has 0 radical (unpaired) electrons. The van der Waals surface area contributed by atoms with Crippen LogP contribution in [0.1, 0.15) is 63.1 Å². The summed E-state index contributed by atoms with van der Waals surface area (Å²) in [5.74, 6) is 0. The van der Waals surface area contributed by atoms with Crippen LogP contribution in [-0.2, 0) is 16.7 Å². The Morgan fingerprint density at radius 1 is 1.32 bits per heavy atom. The molecule has 1 aliphatic rings. The molecule has 0 saturated carbocycles. The fourth-order valence-corrected chi connectivity index (χ4v) is 5.04. The lowest BCUT2D eigenvalue weighted by molar-refractivity contribution is -0.000543. The van der Waals surface area contributed by atoms with E-state index in [-0.39, 0.29) is 17.1 Å². The lowest BCUT2D eigenvalue weighted by Gasteiger charge is -2.40. The van der Waals surface area contributed by atoms with Gasteiger partial charge in [0, 0.05) is 34.3 Å². The summed E-state index contributed by atoms with van der Waals surface area (Å²) in [6, 6.07) is 8.84. The standard InChI is InChI=1S/C24H36N2OS/c1-6-23(5,21-10-9-20(4)25-16-21)26-14-13-24(17-26,18-27-19(2)3)12-11-22-8-7-15-28-22/h7-10,15-16,19H,6,11-14,17-18H2,1-5H3/t23?,24-/m1/s1. The van der Waals surface area contributed by atoms with Gasteiger partial charge >= 0.3 is 0 Å². The van der Waals surface area contributed by atoms with Gasteiger partial charge in [-0.15, -0.1) is 11.3 Å². The highest BCUT2D eigenvalue weighted by molar-refractivity contribution is 7.09. The molecule has 3 rings (SSSR count). The zero-order chi connectivity index (χ0) is 20.2. The van der Waals surface area contributed by atoms with Gasteiger partial charge in [-0.3, -0.25) is 9.88 Å². The maximum Gasteiger partial charge on any atom is 0.0538 e. The van der Waals surface area contributed by atoms with E-state index in [4.69, 9.17) is 4.74 Å². The summed E-state index contributed by atoms with van der Waals surface area (Å²) in [6.07, 6.45) is 7.01. The molecule has 2 atom stereocenters. The van der Waals surface area contributed by atoms with Crippen molar-refractivity contribution < 1.29 is 4.74 Å². The van der Waals surface area contributed by atoms with E-state index < -0.39 is 0 Å². The molecule has 1 unspecified atom stereocenters. The summed E-state index contributed by atoms with van der Waals surface area (Å²) < 4.78 is 6.18. The third-order valence-corrected chi connectivity index (χ3v) is 7.50. The first kappa shape index (κ1) is 21.5. The van der Waals surface area contributed by atoms with Crippen LogP contribution in [0.4, 0.5) is 0 Å². The predicted molar refractivity (Wildman–Crippen MR) is 119 cm³/mol. The number of ether oxygens (including phenoxy) is 1. The van der Waals surface area contributed by atoms with Crippen molar-refractivity contribution in [1.29, 1.82) is 0 Å². The highest BCUT2D eigenvalue weighted by atomic mass is 32.1. The van der Waals surface area contributed by atoms with Crippen molar-refractivity contribution >= 4 is 11.3 Å². The van der Waals surface area contributed by atoms with E-state index in [1.807, 2.05) is 11.3 Å². The van der Waals surface area contributed by atoms with Crippen molar-refractivity contribution in [1.82, 2.24) is 9.88 Å². The third-order valence-electron chi connectivity index (χ3n) is 6.56. The minimum absolute atomic E-state index is 0.0310. The van der Waals surface area contributed by atoms with Crippen molar-refractivity contribution in [3.05, 3.63) is 52.0 Å². The number of nitrogens with zero attached hydrogens (tertiary/aromatic N) is 2. The molecule has 0 amide bonds. The Balaban J connectivity index is 1.78. The summed E-state index contributed by atoms with van der Waals surface area (Å²) in [6.45, 7) is 14.1. The molecule has 3 heterocycles. The van der Waals surface area contributed by atoms with Crippen LogP contribution in [0.5, 0.6) is 0 Å². The molecule has 2 aromatic heterocycles. The molecular formula is C24H36N2OS. The van der Waals surface area contributed by atoms with Gasteiger partial charge in [0.25, 0.3) is 0 Å². The fraction of sp³-hybridized carbons (Fsp3) is 0.625. The number of aryl methyl sites for hydroxylation is 2. The van der Waals surface area contributed by atoms with E-state index >= 15 is 0 Å². The smallest absolute Gasteiger partial charge is 0.0538 e. The van der Waals surface area contributed by atoms with Gasteiger partial charge in [0.1, 0.15) is 0 Å². The highest BCUT2D eigenvalue weighted by Crippen LogP contribution is 2.43. The topological polar surface area (TPSA) is 25.4 Å². The lowest BCUT2D eigenvalue weighted by atomic mass is 9.82. The van der Waals surface area contributed by atoms with Gasteiger partial charge in [-0.05, 0) is 83.0 Å². The molecule has 0 spiro atoms. The molecule has 4 heteroatoms. The minimum Gasteiger partial charge on any atom is -0.378 e. The van der Waals surface area contributed by atoms with E-state index in [2.05, 4.69) is 80.3 Å². The van der Waals surface area contributed by atoms with Crippen LogP contribution in [0.25, 0.3) is 0 Å². The van der Waals surface area contributed by atoms with E-state index in [9.17, 15) is 0 Å². The molecule has 0 bridgehead atoms. The molecule has 2 aromatic rings. The van der Waals surface area contributed by atoms with E-state index in [0.717, 1.165) is 38.2 Å². The normalized spacial score (nSPS) is 22.6. The quantitative estimate of drug-likeness (QED) is 0.530. The predicted octanol–water partition coefficient (Wildman–Crippen LogP) is 5.83. The van der Waals surface area contributed by atoms with Gasteiger partial charge in [0.05, 0.1) is 12.7 Å². The Morgan fingerprint density at radius 3 is 2.75 bits per heavy atom. The summed E-state index contributed by atoms with van der Waals surface area (Å²) in [4.78, 5) is 8.76. The molecular weight excluding hydrogens is 364 g/mol. The third kappa shape index (κ3) is 4.84. The molecule has 28 heavy (non-hydrogen) atoms. The van der Waals surface area contributed by atoms with Gasteiger partial charge in [0.2, 0.25) is 0 Å². The largest absolute Gasteiger partial charge is 0.378 e. The maximum absolute atomic E-state index is 6.18. The highest BCUT2D eigenvalue weighted by Gasteiger charge is 2.45. The molecule has 0 aliphatic carbocycles. The second-order valence-corrected chi connectivity index (χ2v) is 9.96. The average molecular weight is 401 g/mol. The Bertz CT molecular complexity index is 728. The van der Waals surface area contributed by atoms with Crippen LogP contribution in [0.3, 0.4) is 0 Å². The van der Waals surface area contributed by atoms with E-state index in [1.165, 1.54) is 23.3 Å². The zero-order valence-electron chi connectivity index (χ0n) is 18.2. The van der Waals surface area contributed by atoms with Crippen LogP contribution in [0.15, 0.2) is 35.8 Å². The molecule has 1 aliphatic heterocycles. The Kier molecular flexibility index (Phi) is 6.95. The molecule has 1 saturated heterocycles. The monoisotopic (exact) mass is 400 g/mol. The van der Waals surface area contributed by atoms with Gasteiger partial charge < -0.3 is 4.74 Å². The number of hydrogen-bond acceptors (Lipinski definition) is 4. The number of aromatic nitrogens is 1. The van der Waals surface area contributed by atoms with Crippen molar-refractivity contribution in [2.45, 2.75) is 71.9 Å². The van der Waals surface area contributed by atoms with Gasteiger partial charge in [-0.2, -0.15) is 0 Å². The number of rotatable bonds is 9. The Morgan fingerprint density at radius 2 is 2.14 bits per heavy atom. The Hall–Kier alpha value is -1.23. The van der Waals surface area contributed by atoms with Gasteiger partial charge in [-0.25, -0.2) is 0 Å². The number of pyridine rings is 1. The van der Waals surface area contributed by atoms with Crippen molar-refractivity contribution in [2.24, 2.45) is 5.41 Å². The van der Waals surface area contributed by atoms with Crippen LogP contribution >= 0.6 is 11.3 Å². The number of thiophene rings is 1. The van der Waals surface area contributed by atoms with Crippen LogP contribution in [-0.4, -0.2) is 35.7 Å². The first-order valence-corrected chi connectivity index (χ1v) is 11.6. The van der Waals surface area contributed by atoms with Crippen molar-refractivity contribution in [3.63, 3.8) is 0 Å². The van der Waals surface area contributed by atoms with Crippen LogP contribution < -0.4 is 0 Å². The van der Waals surface area contributed by atoms with E-state index in [0.29, 0.717) is 0 Å². The first-order valence-electron chi connectivity index (χ1n) is 10.7. The van der Waals surface area contributed by atoms with Crippen molar-refractivity contribution in [3.8, 4) is 0 Å². The minimum atomic E-state index is 0.0310. The molecule has 1 fully saturated rings.